The first-order valence-electron chi connectivity index (χ1n) is 5.18. The second-order valence-electron chi connectivity index (χ2n) is 3.61. The zero-order valence-corrected chi connectivity index (χ0v) is 8.95. The molecular formula is C10H21NO2. The number of ether oxygens (including phenoxy) is 2. The highest BCUT2D eigenvalue weighted by Crippen LogP contribution is 2.14. The Hall–Kier alpha value is -0.120. The lowest BCUT2D eigenvalue weighted by Gasteiger charge is -2.35. The molecule has 1 heterocycles. The topological polar surface area (TPSA) is 21.7 Å². The Morgan fingerprint density at radius 2 is 1.54 bits per heavy atom. The van der Waals surface area contributed by atoms with Crippen molar-refractivity contribution in [2.45, 2.75) is 32.5 Å². The van der Waals surface area contributed by atoms with Crippen molar-refractivity contribution in [2.24, 2.45) is 0 Å². The van der Waals surface area contributed by atoms with Crippen LogP contribution < -0.4 is 0 Å². The molecule has 1 rings (SSSR count). The van der Waals surface area contributed by atoms with Gasteiger partial charge in [-0.2, -0.15) is 0 Å². The van der Waals surface area contributed by atoms with Crippen molar-refractivity contribution in [3.63, 3.8) is 0 Å². The average molecular weight is 187 g/mol. The average Bonchev–Trinajstić information content (AvgIpc) is 2.04. The Morgan fingerprint density at radius 3 is 1.92 bits per heavy atom. The van der Waals surface area contributed by atoms with Gasteiger partial charge in [0.05, 0.1) is 12.2 Å². The number of hydrogen-bond acceptors (Lipinski definition) is 3. The normalized spacial score (nSPS) is 30.7. The Balaban J connectivity index is 2.33. The Kier molecular flexibility index (Phi) is 4.70. The molecule has 0 aliphatic carbocycles. The van der Waals surface area contributed by atoms with Crippen LogP contribution in [0.5, 0.6) is 0 Å². The Bertz CT molecular complexity index is 127. The summed E-state index contributed by atoms with van der Waals surface area (Å²) in [4.78, 5) is 2.28. The van der Waals surface area contributed by atoms with Gasteiger partial charge in [-0.1, -0.05) is 0 Å². The minimum absolute atomic E-state index is 0.361. The van der Waals surface area contributed by atoms with Crippen molar-refractivity contribution < 1.29 is 9.47 Å². The van der Waals surface area contributed by atoms with E-state index in [-0.39, 0.29) is 0 Å². The third kappa shape index (κ3) is 3.63. The molecule has 0 saturated carbocycles. The maximum Gasteiger partial charge on any atom is 0.0726 e. The van der Waals surface area contributed by atoms with Gasteiger partial charge in [0.25, 0.3) is 0 Å². The molecule has 0 amide bonds. The maximum absolute atomic E-state index is 5.61. The number of likely N-dealkylation sites (N-methyl/N-ethyl adjacent to an activating group) is 1. The highest BCUT2D eigenvalue weighted by molar-refractivity contribution is 4.78. The van der Waals surface area contributed by atoms with Crippen LogP contribution in [0.4, 0.5) is 0 Å². The predicted octanol–water partition coefficient (Wildman–Crippen LogP) is 1.13. The summed E-state index contributed by atoms with van der Waals surface area (Å²) >= 11 is 0. The summed E-state index contributed by atoms with van der Waals surface area (Å²) in [6.45, 7) is 7.78. The second-order valence-corrected chi connectivity index (χ2v) is 3.61. The number of likely N-dealkylation sites (tertiary alicyclic amines) is 1. The van der Waals surface area contributed by atoms with Gasteiger partial charge in [-0.15, -0.1) is 0 Å². The van der Waals surface area contributed by atoms with E-state index in [1.54, 1.807) is 0 Å². The largest absolute Gasteiger partial charge is 0.377 e. The second kappa shape index (κ2) is 5.58. The molecule has 0 aromatic rings. The van der Waals surface area contributed by atoms with Crippen LogP contribution in [0, 0.1) is 0 Å². The smallest absolute Gasteiger partial charge is 0.0726 e. The standard InChI is InChI=1S/C10H21NO2/c1-4-12-9-6-10(13-5-2)8-11(3)7-9/h9-10H,4-8H2,1-3H3. The van der Waals surface area contributed by atoms with Crippen molar-refractivity contribution in [3.8, 4) is 0 Å². The van der Waals surface area contributed by atoms with Crippen LogP contribution >= 0.6 is 0 Å². The van der Waals surface area contributed by atoms with E-state index in [4.69, 9.17) is 9.47 Å². The first-order valence-corrected chi connectivity index (χ1v) is 5.18. The third-order valence-corrected chi connectivity index (χ3v) is 2.36. The van der Waals surface area contributed by atoms with Gasteiger partial charge in [0.15, 0.2) is 0 Å². The molecule has 2 unspecified atom stereocenters. The van der Waals surface area contributed by atoms with E-state index >= 15 is 0 Å². The fourth-order valence-electron chi connectivity index (χ4n) is 1.92. The van der Waals surface area contributed by atoms with Crippen molar-refractivity contribution in [2.75, 3.05) is 33.4 Å². The van der Waals surface area contributed by atoms with Crippen LogP contribution in [0.25, 0.3) is 0 Å². The molecular weight excluding hydrogens is 166 g/mol. The van der Waals surface area contributed by atoms with Crippen LogP contribution in [0.15, 0.2) is 0 Å². The van der Waals surface area contributed by atoms with Crippen molar-refractivity contribution >= 4 is 0 Å². The highest BCUT2D eigenvalue weighted by Gasteiger charge is 2.25. The molecule has 0 radical (unpaired) electrons. The van der Waals surface area contributed by atoms with E-state index in [9.17, 15) is 0 Å². The summed E-state index contributed by atoms with van der Waals surface area (Å²) in [5.74, 6) is 0. The SMILES string of the molecule is CCOC1CC(OCC)CN(C)C1. The summed E-state index contributed by atoms with van der Waals surface area (Å²) in [6.07, 6.45) is 1.77. The number of piperidine rings is 1. The van der Waals surface area contributed by atoms with Gasteiger partial charge in [0.1, 0.15) is 0 Å². The highest BCUT2D eigenvalue weighted by atomic mass is 16.5. The zero-order chi connectivity index (χ0) is 9.68. The number of hydrogen-bond donors (Lipinski definition) is 0. The minimum atomic E-state index is 0.361. The summed E-state index contributed by atoms with van der Waals surface area (Å²) in [5, 5.41) is 0. The molecule has 0 N–H and O–H groups in total. The molecule has 0 aromatic heterocycles. The van der Waals surface area contributed by atoms with Crippen LogP contribution in [-0.4, -0.2) is 50.5 Å². The van der Waals surface area contributed by atoms with Gasteiger partial charge in [0, 0.05) is 32.7 Å². The lowest BCUT2D eigenvalue weighted by atomic mass is 10.1. The number of rotatable bonds is 4. The van der Waals surface area contributed by atoms with Crippen LogP contribution in [0.2, 0.25) is 0 Å². The molecule has 3 heteroatoms. The van der Waals surface area contributed by atoms with E-state index in [2.05, 4.69) is 11.9 Å². The van der Waals surface area contributed by atoms with Gasteiger partial charge in [-0.3, -0.25) is 0 Å². The van der Waals surface area contributed by atoms with Gasteiger partial charge < -0.3 is 14.4 Å². The molecule has 3 nitrogen and oxygen atoms in total. The molecule has 0 aromatic carbocycles. The summed E-state index contributed by atoms with van der Waals surface area (Å²) in [7, 11) is 2.12. The Labute approximate surface area is 81.0 Å². The molecule has 0 bridgehead atoms. The van der Waals surface area contributed by atoms with Gasteiger partial charge >= 0.3 is 0 Å². The van der Waals surface area contributed by atoms with Crippen LogP contribution in [0.1, 0.15) is 20.3 Å². The lowest BCUT2D eigenvalue weighted by molar-refractivity contribution is -0.0619. The van der Waals surface area contributed by atoms with Gasteiger partial charge in [0.2, 0.25) is 0 Å². The monoisotopic (exact) mass is 187 g/mol. The van der Waals surface area contributed by atoms with E-state index < -0.39 is 0 Å². The molecule has 13 heavy (non-hydrogen) atoms. The molecule has 1 saturated heterocycles. The van der Waals surface area contributed by atoms with E-state index in [0.717, 1.165) is 32.7 Å². The first-order chi connectivity index (χ1) is 6.26. The third-order valence-electron chi connectivity index (χ3n) is 2.36. The molecule has 2 atom stereocenters. The fourth-order valence-corrected chi connectivity index (χ4v) is 1.92. The van der Waals surface area contributed by atoms with Crippen LogP contribution in [0.3, 0.4) is 0 Å². The predicted molar refractivity (Wildman–Crippen MR) is 52.9 cm³/mol. The maximum atomic E-state index is 5.61. The number of nitrogens with zero attached hydrogens (tertiary/aromatic N) is 1. The molecule has 0 spiro atoms. The summed E-state index contributed by atoms with van der Waals surface area (Å²) in [5.41, 5.74) is 0. The molecule has 78 valence electrons. The zero-order valence-electron chi connectivity index (χ0n) is 8.95. The molecule has 1 aliphatic rings. The molecule has 1 fully saturated rings. The fraction of sp³-hybridized carbons (Fsp3) is 1.00. The van der Waals surface area contributed by atoms with E-state index in [0.29, 0.717) is 12.2 Å². The van der Waals surface area contributed by atoms with Gasteiger partial charge in [-0.25, -0.2) is 0 Å². The van der Waals surface area contributed by atoms with Crippen molar-refractivity contribution in [1.82, 2.24) is 4.90 Å². The van der Waals surface area contributed by atoms with Gasteiger partial charge in [-0.05, 0) is 20.9 Å². The lowest BCUT2D eigenvalue weighted by Crippen LogP contribution is -2.45. The summed E-state index contributed by atoms with van der Waals surface area (Å²) < 4.78 is 11.2. The van der Waals surface area contributed by atoms with Crippen molar-refractivity contribution in [1.29, 1.82) is 0 Å². The van der Waals surface area contributed by atoms with E-state index in [1.165, 1.54) is 0 Å². The van der Waals surface area contributed by atoms with Crippen molar-refractivity contribution in [3.05, 3.63) is 0 Å². The summed E-state index contributed by atoms with van der Waals surface area (Å²) in [6, 6.07) is 0. The first kappa shape index (κ1) is 11.0. The Morgan fingerprint density at radius 1 is 1.08 bits per heavy atom. The van der Waals surface area contributed by atoms with E-state index in [1.807, 2.05) is 13.8 Å². The quantitative estimate of drug-likeness (QED) is 0.658. The minimum Gasteiger partial charge on any atom is -0.377 e. The molecule has 1 aliphatic heterocycles. The van der Waals surface area contributed by atoms with Crippen LogP contribution in [-0.2, 0) is 9.47 Å².